The van der Waals surface area contributed by atoms with E-state index in [1.807, 2.05) is 6.92 Å². The van der Waals surface area contributed by atoms with E-state index in [0.29, 0.717) is 29.6 Å². The Bertz CT molecular complexity index is 822. The Labute approximate surface area is 126 Å². The Balaban J connectivity index is 1.97. The van der Waals surface area contributed by atoms with Crippen molar-refractivity contribution in [2.45, 2.75) is 6.92 Å². The van der Waals surface area contributed by atoms with Crippen molar-refractivity contribution in [3.05, 3.63) is 42.2 Å². The molecular formula is C15H12N6O. The van der Waals surface area contributed by atoms with Crippen molar-refractivity contribution in [3.8, 4) is 34.6 Å². The van der Waals surface area contributed by atoms with Crippen LogP contribution in [0.3, 0.4) is 0 Å². The molecule has 0 aliphatic carbocycles. The average molecular weight is 292 g/mol. The van der Waals surface area contributed by atoms with Crippen LogP contribution in [0.15, 0.2) is 36.7 Å². The van der Waals surface area contributed by atoms with Gasteiger partial charge in [-0.25, -0.2) is 4.98 Å². The molecule has 7 nitrogen and oxygen atoms in total. The molecule has 1 aromatic carbocycles. The number of benzene rings is 1. The molecule has 2 heterocycles. The highest BCUT2D eigenvalue weighted by molar-refractivity contribution is 5.64. The van der Waals surface area contributed by atoms with Crippen LogP contribution in [0.1, 0.15) is 12.5 Å². The third-order valence-electron chi connectivity index (χ3n) is 3.00. The smallest absolute Gasteiger partial charge is 0.183 e. The summed E-state index contributed by atoms with van der Waals surface area (Å²) < 4.78 is 5.48. The Morgan fingerprint density at radius 3 is 2.86 bits per heavy atom. The molecule has 0 aliphatic heterocycles. The summed E-state index contributed by atoms with van der Waals surface area (Å²) in [5.41, 5.74) is 2.06. The van der Waals surface area contributed by atoms with Crippen LogP contribution in [0.4, 0.5) is 0 Å². The molecule has 22 heavy (non-hydrogen) atoms. The maximum absolute atomic E-state index is 9.08. The number of nitriles is 1. The molecule has 0 atom stereocenters. The molecule has 0 saturated carbocycles. The van der Waals surface area contributed by atoms with Gasteiger partial charge in [-0.3, -0.25) is 5.10 Å². The Morgan fingerprint density at radius 2 is 2.14 bits per heavy atom. The number of aromatic nitrogens is 5. The van der Waals surface area contributed by atoms with Gasteiger partial charge >= 0.3 is 0 Å². The number of rotatable bonds is 4. The summed E-state index contributed by atoms with van der Waals surface area (Å²) in [6.07, 6.45) is 3.18. The lowest BCUT2D eigenvalue weighted by molar-refractivity contribution is 0.339. The molecular weight excluding hydrogens is 280 g/mol. The van der Waals surface area contributed by atoms with Gasteiger partial charge in [0.2, 0.25) is 0 Å². The quantitative estimate of drug-likeness (QED) is 0.791. The van der Waals surface area contributed by atoms with Crippen molar-refractivity contribution < 1.29 is 4.74 Å². The molecule has 7 heteroatoms. The number of aromatic amines is 1. The molecule has 0 saturated heterocycles. The highest BCUT2D eigenvalue weighted by Gasteiger charge is 2.11. The molecule has 0 bridgehead atoms. The molecule has 0 spiro atoms. The topological polar surface area (TPSA) is 100 Å². The zero-order valence-corrected chi connectivity index (χ0v) is 11.8. The molecule has 0 unspecified atom stereocenters. The normalized spacial score (nSPS) is 10.2. The van der Waals surface area contributed by atoms with Crippen LogP contribution in [0.2, 0.25) is 0 Å². The van der Waals surface area contributed by atoms with E-state index in [1.54, 1.807) is 36.7 Å². The minimum Gasteiger partial charge on any atom is -0.492 e. The fourth-order valence-corrected chi connectivity index (χ4v) is 1.98. The molecule has 0 aliphatic rings. The zero-order valence-electron chi connectivity index (χ0n) is 11.8. The number of hydrogen-bond acceptors (Lipinski definition) is 6. The fraction of sp³-hybridized carbons (Fsp3) is 0.133. The predicted molar refractivity (Wildman–Crippen MR) is 78.7 cm³/mol. The van der Waals surface area contributed by atoms with E-state index < -0.39 is 0 Å². The Hall–Kier alpha value is -3.27. The van der Waals surface area contributed by atoms with Crippen LogP contribution in [0.25, 0.3) is 22.8 Å². The Morgan fingerprint density at radius 1 is 1.23 bits per heavy atom. The molecule has 1 N–H and O–H groups in total. The maximum Gasteiger partial charge on any atom is 0.183 e. The fourth-order valence-electron chi connectivity index (χ4n) is 1.98. The first kappa shape index (κ1) is 13.7. The first-order valence-corrected chi connectivity index (χ1v) is 6.68. The third kappa shape index (κ3) is 2.62. The number of hydrogen-bond donors (Lipinski definition) is 1. The van der Waals surface area contributed by atoms with Gasteiger partial charge < -0.3 is 4.74 Å². The van der Waals surface area contributed by atoms with Crippen LogP contribution in [0.5, 0.6) is 5.75 Å². The van der Waals surface area contributed by atoms with E-state index in [4.69, 9.17) is 10.00 Å². The van der Waals surface area contributed by atoms with Crippen LogP contribution < -0.4 is 4.74 Å². The second kappa shape index (κ2) is 6.01. The van der Waals surface area contributed by atoms with Crippen molar-refractivity contribution in [2.75, 3.05) is 6.61 Å². The minimum atomic E-state index is 0.489. The molecule has 2 aromatic heterocycles. The summed E-state index contributed by atoms with van der Waals surface area (Å²) in [6, 6.07) is 9.17. The largest absolute Gasteiger partial charge is 0.492 e. The molecule has 0 fully saturated rings. The standard InChI is InChI=1S/C15H12N6O/c1-2-22-13-7-10(3-4-11(13)8-16)14-19-15(21-20-14)12-5-6-17-18-9-12/h3-7,9H,2H2,1H3,(H,19,20,21). The third-order valence-corrected chi connectivity index (χ3v) is 3.00. The van der Waals surface area contributed by atoms with Gasteiger partial charge in [-0.1, -0.05) is 0 Å². The van der Waals surface area contributed by atoms with E-state index in [0.717, 1.165) is 11.1 Å². The van der Waals surface area contributed by atoms with Crippen LogP contribution in [-0.2, 0) is 0 Å². The number of H-pyrrole nitrogens is 1. The lowest BCUT2D eigenvalue weighted by Gasteiger charge is -2.06. The second-order valence-corrected chi connectivity index (χ2v) is 4.39. The van der Waals surface area contributed by atoms with E-state index in [2.05, 4.69) is 31.4 Å². The van der Waals surface area contributed by atoms with Gasteiger partial charge in [-0.05, 0) is 31.2 Å². The predicted octanol–water partition coefficient (Wildman–Crippen LogP) is 2.20. The van der Waals surface area contributed by atoms with Crippen molar-refractivity contribution in [3.63, 3.8) is 0 Å². The zero-order chi connectivity index (χ0) is 15.4. The van der Waals surface area contributed by atoms with Crippen LogP contribution in [0, 0.1) is 11.3 Å². The van der Waals surface area contributed by atoms with Crippen molar-refractivity contribution in [1.82, 2.24) is 25.4 Å². The van der Waals surface area contributed by atoms with Gasteiger partial charge in [-0.2, -0.15) is 20.6 Å². The Kier molecular flexibility index (Phi) is 3.74. The van der Waals surface area contributed by atoms with Crippen molar-refractivity contribution in [1.29, 1.82) is 5.26 Å². The highest BCUT2D eigenvalue weighted by atomic mass is 16.5. The first-order valence-electron chi connectivity index (χ1n) is 6.68. The molecule has 3 rings (SSSR count). The van der Waals surface area contributed by atoms with Gasteiger partial charge in [0.25, 0.3) is 0 Å². The summed E-state index contributed by atoms with van der Waals surface area (Å²) in [6.45, 7) is 2.36. The summed E-state index contributed by atoms with van der Waals surface area (Å²) >= 11 is 0. The summed E-state index contributed by atoms with van der Waals surface area (Å²) in [5, 5.41) is 23.7. The van der Waals surface area contributed by atoms with E-state index in [9.17, 15) is 0 Å². The first-order chi connectivity index (χ1) is 10.8. The van der Waals surface area contributed by atoms with Gasteiger partial charge in [0.05, 0.1) is 24.6 Å². The van der Waals surface area contributed by atoms with Gasteiger partial charge in [0.1, 0.15) is 11.8 Å². The lowest BCUT2D eigenvalue weighted by Crippen LogP contribution is -1.95. The number of nitrogens with one attached hydrogen (secondary N) is 1. The van der Waals surface area contributed by atoms with Crippen molar-refractivity contribution >= 4 is 0 Å². The molecule has 3 aromatic rings. The van der Waals surface area contributed by atoms with Crippen LogP contribution >= 0.6 is 0 Å². The van der Waals surface area contributed by atoms with Gasteiger partial charge in [-0.15, -0.1) is 0 Å². The summed E-state index contributed by atoms with van der Waals surface area (Å²) in [4.78, 5) is 4.43. The second-order valence-electron chi connectivity index (χ2n) is 4.39. The van der Waals surface area contributed by atoms with E-state index in [-0.39, 0.29) is 0 Å². The minimum absolute atomic E-state index is 0.489. The highest BCUT2D eigenvalue weighted by Crippen LogP contribution is 2.26. The summed E-state index contributed by atoms with van der Waals surface area (Å²) in [7, 11) is 0. The molecule has 0 radical (unpaired) electrons. The summed E-state index contributed by atoms with van der Waals surface area (Å²) in [5.74, 6) is 1.66. The number of ether oxygens (including phenoxy) is 1. The monoisotopic (exact) mass is 292 g/mol. The molecule has 108 valence electrons. The maximum atomic E-state index is 9.08. The molecule has 0 amide bonds. The van der Waals surface area contributed by atoms with Gasteiger partial charge in [0, 0.05) is 11.1 Å². The van der Waals surface area contributed by atoms with Crippen molar-refractivity contribution in [2.24, 2.45) is 0 Å². The SMILES string of the molecule is CCOc1cc(-c2nc(-c3ccnnc3)n[nH]2)ccc1C#N. The van der Waals surface area contributed by atoms with E-state index >= 15 is 0 Å². The van der Waals surface area contributed by atoms with Crippen LogP contribution in [-0.4, -0.2) is 32.0 Å². The number of nitrogens with zero attached hydrogens (tertiary/aromatic N) is 5. The van der Waals surface area contributed by atoms with E-state index in [1.165, 1.54) is 0 Å². The average Bonchev–Trinajstić information content (AvgIpc) is 3.06. The lowest BCUT2D eigenvalue weighted by atomic mass is 10.1. The van der Waals surface area contributed by atoms with Gasteiger partial charge in [0.15, 0.2) is 11.6 Å².